The van der Waals surface area contributed by atoms with Gasteiger partial charge in [0.25, 0.3) is 0 Å². The van der Waals surface area contributed by atoms with Gasteiger partial charge in [-0.2, -0.15) is 0 Å². The van der Waals surface area contributed by atoms with Crippen LogP contribution in [0.3, 0.4) is 0 Å². The van der Waals surface area contributed by atoms with E-state index in [1.807, 2.05) is 6.07 Å². The van der Waals surface area contributed by atoms with E-state index in [9.17, 15) is 0 Å². The molecule has 16 heavy (non-hydrogen) atoms. The van der Waals surface area contributed by atoms with Crippen LogP contribution in [0.2, 0.25) is 0 Å². The van der Waals surface area contributed by atoms with Crippen LogP contribution in [-0.4, -0.2) is 14.5 Å². The fraction of sp³-hybridized carbons (Fsp3) is 0.455. The van der Waals surface area contributed by atoms with E-state index in [-0.39, 0.29) is 5.54 Å². The number of halogens is 1. The molecule has 0 amide bonds. The fourth-order valence-electron chi connectivity index (χ4n) is 2.40. The van der Waals surface area contributed by atoms with Crippen molar-refractivity contribution in [2.75, 3.05) is 5.73 Å². The standard InChI is InChI=1S/C11H13BrN4/c1-11(3-2-4-11)16-9-8(15-10(16)13)5-7(12)6-14-9/h5-6H,2-4H2,1H3,(H2,13,15). The third-order valence-electron chi connectivity index (χ3n) is 3.46. The summed E-state index contributed by atoms with van der Waals surface area (Å²) >= 11 is 3.40. The zero-order valence-electron chi connectivity index (χ0n) is 9.07. The van der Waals surface area contributed by atoms with Crippen LogP contribution in [0.1, 0.15) is 26.2 Å². The van der Waals surface area contributed by atoms with E-state index in [4.69, 9.17) is 5.73 Å². The topological polar surface area (TPSA) is 56.7 Å². The molecule has 1 fully saturated rings. The molecule has 0 aromatic carbocycles. The Bertz CT molecular complexity index is 556. The second-order valence-corrected chi connectivity index (χ2v) is 5.57. The fourth-order valence-corrected chi connectivity index (χ4v) is 2.72. The average molecular weight is 281 g/mol. The van der Waals surface area contributed by atoms with Gasteiger partial charge in [-0.15, -0.1) is 0 Å². The number of fused-ring (bicyclic) bond motifs is 1. The zero-order chi connectivity index (χ0) is 11.3. The third-order valence-corrected chi connectivity index (χ3v) is 3.89. The van der Waals surface area contributed by atoms with Crippen LogP contribution in [0.25, 0.3) is 11.2 Å². The van der Waals surface area contributed by atoms with Gasteiger partial charge >= 0.3 is 0 Å². The molecule has 4 nitrogen and oxygen atoms in total. The van der Waals surface area contributed by atoms with E-state index in [0.29, 0.717) is 5.95 Å². The van der Waals surface area contributed by atoms with Crippen molar-refractivity contribution in [2.24, 2.45) is 0 Å². The maximum Gasteiger partial charge on any atom is 0.202 e. The van der Waals surface area contributed by atoms with Crippen LogP contribution in [0.5, 0.6) is 0 Å². The molecule has 3 rings (SSSR count). The van der Waals surface area contributed by atoms with Crippen molar-refractivity contribution in [3.63, 3.8) is 0 Å². The van der Waals surface area contributed by atoms with Crippen molar-refractivity contribution in [3.8, 4) is 0 Å². The first-order chi connectivity index (χ1) is 7.60. The van der Waals surface area contributed by atoms with Gasteiger partial charge in [-0.05, 0) is 48.2 Å². The molecule has 2 heterocycles. The highest BCUT2D eigenvalue weighted by atomic mass is 79.9. The molecular formula is C11H13BrN4. The number of hydrogen-bond donors (Lipinski definition) is 1. The van der Waals surface area contributed by atoms with E-state index in [1.54, 1.807) is 6.20 Å². The maximum atomic E-state index is 6.00. The number of nitrogens with two attached hydrogens (primary N) is 1. The quantitative estimate of drug-likeness (QED) is 0.874. The third kappa shape index (κ3) is 1.27. The first-order valence-electron chi connectivity index (χ1n) is 5.40. The van der Waals surface area contributed by atoms with E-state index in [2.05, 4.69) is 37.4 Å². The molecular weight excluding hydrogens is 268 g/mol. The Balaban J connectivity index is 2.27. The Hall–Kier alpha value is -1.10. The minimum atomic E-state index is 0.111. The molecule has 0 radical (unpaired) electrons. The molecule has 2 aromatic rings. The molecule has 0 spiro atoms. The second kappa shape index (κ2) is 3.20. The Morgan fingerprint density at radius 2 is 2.25 bits per heavy atom. The summed E-state index contributed by atoms with van der Waals surface area (Å²) in [6.07, 6.45) is 5.36. The first-order valence-corrected chi connectivity index (χ1v) is 6.19. The van der Waals surface area contributed by atoms with Crippen molar-refractivity contribution < 1.29 is 0 Å². The predicted octanol–water partition coefficient (Wildman–Crippen LogP) is 2.68. The van der Waals surface area contributed by atoms with Crippen LogP contribution < -0.4 is 5.73 Å². The number of nitrogens with zero attached hydrogens (tertiary/aromatic N) is 3. The highest BCUT2D eigenvalue weighted by Gasteiger charge is 2.36. The molecule has 2 N–H and O–H groups in total. The summed E-state index contributed by atoms with van der Waals surface area (Å²) in [7, 11) is 0. The van der Waals surface area contributed by atoms with Gasteiger partial charge in [0, 0.05) is 16.2 Å². The van der Waals surface area contributed by atoms with Crippen LogP contribution in [0, 0.1) is 0 Å². The summed E-state index contributed by atoms with van der Waals surface area (Å²) in [5, 5.41) is 0. The molecule has 1 saturated carbocycles. The van der Waals surface area contributed by atoms with Crippen molar-refractivity contribution in [1.29, 1.82) is 0 Å². The number of hydrogen-bond acceptors (Lipinski definition) is 3. The molecule has 1 aliphatic carbocycles. The Kier molecular flexibility index (Phi) is 2.01. The SMILES string of the molecule is CC1(n2c(N)nc3cc(Br)cnc32)CCC1. The molecule has 0 aliphatic heterocycles. The van der Waals surface area contributed by atoms with Crippen molar-refractivity contribution >= 4 is 33.0 Å². The van der Waals surface area contributed by atoms with Gasteiger partial charge in [0.05, 0.1) is 0 Å². The number of pyridine rings is 1. The van der Waals surface area contributed by atoms with Gasteiger partial charge in [0.15, 0.2) is 5.65 Å². The Morgan fingerprint density at radius 3 is 2.88 bits per heavy atom. The van der Waals surface area contributed by atoms with Crippen LogP contribution in [0.15, 0.2) is 16.7 Å². The van der Waals surface area contributed by atoms with Crippen LogP contribution in [-0.2, 0) is 5.54 Å². The summed E-state index contributed by atoms with van der Waals surface area (Å²) in [4.78, 5) is 8.79. The Morgan fingerprint density at radius 1 is 1.50 bits per heavy atom. The minimum absolute atomic E-state index is 0.111. The molecule has 84 valence electrons. The van der Waals surface area contributed by atoms with E-state index < -0.39 is 0 Å². The minimum Gasteiger partial charge on any atom is -0.369 e. The Labute approximate surface area is 102 Å². The first kappa shape index (κ1) is 10.1. The lowest BCUT2D eigenvalue weighted by Gasteiger charge is -2.40. The van der Waals surface area contributed by atoms with Gasteiger partial charge in [-0.3, -0.25) is 4.57 Å². The smallest absolute Gasteiger partial charge is 0.202 e. The lowest BCUT2D eigenvalue weighted by atomic mass is 9.78. The summed E-state index contributed by atoms with van der Waals surface area (Å²) < 4.78 is 3.02. The number of rotatable bonds is 1. The predicted molar refractivity (Wildman–Crippen MR) is 67.1 cm³/mol. The number of aromatic nitrogens is 3. The maximum absolute atomic E-state index is 6.00. The zero-order valence-corrected chi connectivity index (χ0v) is 10.7. The highest BCUT2D eigenvalue weighted by molar-refractivity contribution is 9.10. The summed E-state index contributed by atoms with van der Waals surface area (Å²) in [5.41, 5.74) is 7.86. The summed E-state index contributed by atoms with van der Waals surface area (Å²) in [5.74, 6) is 0.572. The second-order valence-electron chi connectivity index (χ2n) is 4.65. The van der Waals surface area contributed by atoms with E-state index in [0.717, 1.165) is 28.5 Å². The van der Waals surface area contributed by atoms with Gasteiger partial charge in [-0.1, -0.05) is 0 Å². The van der Waals surface area contributed by atoms with E-state index >= 15 is 0 Å². The molecule has 2 aromatic heterocycles. The van der Waals surface area contributed by atoms with Gasteiger partial charge < -0.3 is 5.73 Å². The molecule has 0 unspecified atom stereocenters. The normalized spacial score (nSPS) is 18.6. The largest absolute Gasteiger partial charge is 0.369 e. The molecule has 5 heteroatoms. The van der Waals surface area contributed by atoms with Crippen molar-refractivity contribution in [3.05, 3.63) is 16.7 Å². The lowest BCUT2D eigenvalue weighted by Crippen LogP contribution is -2.38. The number of nitrogen functional groups attached to an aromatic ring is 1. The molecule has 0 atom stereocenters. The number of anilines is 1. The number of imidazole rings is 1. The van der Waals surface area contributed by atoms with E-state index in [1.165, 1.54) is 6.42 Å². The van der Waals surface area contributed by atoms with Crippen LogP contribution >= 0.6 is 15.9 Å². The van der Waals surface area contributed by atoms with Crippen molar-refractivity contribution in [1.82, 2.24) is 14.5 Å². The summed E-state index contributed by atoms with van der Waals surface area (Å²) in [6, 6.07) is 1.96. The monoisotopic (exact) mass is 280 g/mol. The van der Waals surface area contributed by atoms with Gasteiger partial charge in [0.1, 0.15) is 5.52 Å². The van der Waals surface area contributed by atoms with Crippen LogP contribution in [0.4, 0.5) is 5.95 Å². The van der Waals surface area contributed by atoms with Crippen molar-refractivity contribution in [2.45, 2.75) is 31.7 Å². The van der Waals surface area contributed by atoms with Gasteiger partial charge in [-0.25, -0.2) is 9.97 Å². The highest BCUT2D eigenvalue weighted by Crippen LogP contribution is 2.41. The molecule has 0 bridgehead atoms. The van der Waals surface area contributed by atoms with Gasteiger partial charge in [0.2, 0.25) is 5.95 Å². The summed E-state index contributed by atoms with van der Waals surface area (Å²) in [6.45, 7) is 2.22. The average Bonchev–Trinajstić information content (AvgIpc) is 2.50. The molecule has 1 aliphatic rings. The lowest BCUT2D eigenvalue weighted by molar-refractivity contribution is 0.177. The molecule has 0 saturated heterocycles.